The summed E-state index contributed by atoms with van der Waals surface area (Å²) in [7, 11) is 1.62. The zero-order valence-electron chi connectivity index (χ0n) is 22.7. The maximum Gasteiger partial charge on any atom is 0.351 e. The predicted molar refractivity (Wildman–Crippen MR) is 153 cm³/mol. The molecule has 4 aromatic rings. The lowest BCUT2D eigenvalue weighted by molar-refractivity contribution is -0.333. The summed E-state index contributed by atoms with van der Waals surface area (Å²) in [6.07, 6.45) is 3.70. The fourth-order valence-electron chi connectivity index (χ4n) is 5.78. The molecule has 1 atom stereocenters. The largest absolute Gasteiger partial charge is 0.493 e. The molecule has 2 aliphatic heterocycles. The molecule has 2 fully saturated rings. The van der Waals surface area contributed by atoms with Crippen molar-refractivity contribution in [3.05, 3.63) is 60.0 Å². The van der Waals surface area contributed by atoms with E-state index in [9.17, 15) is 13.6 Å². The van der Waals surface area contributed by atoms with Crippen LogP contribution in [0.2, 0.25) is 0 Å². The van der Waals surface area contributed by atoms with E-state index < -0.39 is 17.9 Å². The van der Waals surface area contributed by atoms with Crippen LogP contribution in [0.4, 0.5) is 37.6 Å². The van der Waals surface area contributed by atoms with Crippen molar-refractivity contribution in [3.63, 3.8) is 0 Å². The molecule has 0 aliphatic carbocycles. The van der Waals surface area contributed by atoms with Crippen molar-refractivity contribution >= 4 is 45.8 Å². The van der Waals surface area contributed by atoms with Crippen LogP contribution in [0.5, 0.6) is 5.75 Å². The number of hydrogen-bond acceptors (Lipinski definition) is 7. The summed E-state index contributed by atoms with van der Waals surface area (Å²) in [5, 5.41) is 7.05. The van der Waals surface area contributed by atoms with Crippen molar-refractivity contribution in [1.82, 2.24) is 14.9 Å². The first-order valence-corrected chi connectivity index (χ1v) is 13.7. The van der Waals surface area contributed by atoms with Gasteiger partial charge < -0.3 is 20.7 Å². The van der Waals surface area contributed by atoms with Crippen LogP contribution in [0, 0.1) is 5.82 Å². The summed E-state index contributed by atoms with van der Waals surface area (Å²) < 4.78 is 33.4. The molecule has 6 N–H and O–H groups in total. The smallest absolute Gasteiger partial charge is 0.351 e. The molecule has 2 saturated heterocycles. The number of halogens is 2. The third-order valence-corrected chi connectivity index (χ3v) is 7.92. The van der Waals surface area contributed by atoms with Gasteiger partial charge in [0.05, 0.1) is 23.7 Å². The number of primary amides is 1. The topological polar surface area (TPSA) is 126 Å². The quantitative estimate of drug-likeness (QED) is 0.254. The molecule has 0 saturated carbocycles. The van der Waals surface area contributed by atoms with Gasteiger partial charge in [0.1, 0.15) is 17.7 Å². The fourth-order valence-corrected chi connectivity index (χ4v) is 5.78. The molecule has 2 aliphatic rings. The minimum absolute atomic E-state index is 0.146. The number of nitrogens with one attached hydrogen (secondary N) is 4. The predicted octanol–water partition coefficient (Wildman–Crippen LogP) is 4.12. The summed E-state index contributed by atoms with van der Waals surface area (Å²) in [6.45, 7) is 3.21. The molecule has 41 heavy (non-hydrogen) atoms. The molecule has 4 heterocycles. The van der Waals surface area contributed by atoms with Gasteiger partial charge in [-0.2, -0.15) is 0 Å². The lowest BCUT2D eigenvalue weighted by atomic mass is 10.0. The summed E-state index contributed by atoms with van der Waals surface area (Å²) in [6, 6.07) is 11.9. The van der Waals surface area contributed by atoms with Gasteiger partial charge in [0.2, 0.25) is 11.5 Å². The summed E-state index contributed by atoms with van der Waals surface area (Å²) in [4.78, 5) is 27.6. The summed E-state index contributed by atoms with van der Waals surface area (Å²) in [5.41, 5.74) is 8.28. The van der Waals surface area contributed by atoms with E-state index in [1.807, 2.05) is 24.3 Å². The molecule has 0 unspecified atom stereocenters. The number of fused-ring (bicyclic) bond motifs is 1. The van der Waals surface area contributed by atoms with Crippen LogP contribution in [-0.2, 0) is 0 Å². The molecule has 0 bridgehead atoms. The molecule has 2 aromatic carbocycles. The number of hydrogen-bond donors (Lipinski definition) is 4. The molecular weight excluding hydrogens is 530 g/mol. The number of alkyl halides is 1. The van der Waals surface area contributed by atoms with Gasteiger partial charge in [-0.3, -0.25) is 20.0 Å². The molecule has 2 aromatic heterocycles. The molecule has 0 radical (unpaired) electrons. The van der Waals surface area contributed by atoms with E-state index in [1.54, 1.807) is 13.3 Å². The molecule has 0 spiro atoms. The number of methoxy groups -OCH3 is 1. The van der Waals surface area contributed by atoms with Crippen molar-refractivity contribution < 1.29 is 23.3 Å². The number of nitrogens with zero attached hydrogens (tertiary/aromatic N) is 3. The number of ether oxygens (including phenoxy) is 1. The van der Waals surface area contributed by atoms with Gasteiger partial charge in [-0.1, -0.05) is 4.98 Å². The van der Waals surface area contributed by atoms with Gasteiger partial charge in [-0.15, -0.1) is 0 Å². The summed E-state index contributed by atoms with van der Waals surface area (Å²) in [5.74, 6) is 0.232. The monoisotopic (exact) mass is 563 g/mol. The van der Waals surface area contributed by atoms with Gasteiger partial charge in [-0.25, -0.2) is 13.8 Å². The van der Waals surface area contributed by atoms with E-state index >= 15 is 0 Å². The highest BCUT2D eigenvalue weighted by Crippen LogP contribution is 2.34. The number of aromatic nitrogens is 3. The average molecular weight is 564 g/mol. The van der Waals surface area contributed by atoms with Crippen LogP contribution in [0.1, 0.15) is 29.6 Å². The number of aromatic amines is 2. The minimum Gasteiger partial charge on any atom is -0.493 e. The Labute approximate surface area is 235 Å². The lowest BCUT2D eigenvalue weighted by Crippen LogP contribution is -2.44. The van der Waals surface area contributed by atoms with Crippen LogP contribution in [0.25, 0.3) is 11.0 Å². The van der Waals surface area contributed by atoms with Crippen molar-refractivity contribution in [2.24, 2.45) is 5.73 Å². The number of amides is 1. The second-order valence-corrected chi connectivity index (χ2v) is 10.5. The number of rotatable bonds is 8. The van der Waals surface area contributed by atoms with Gasteiger partial charge in [0.25, 0.3) is 5.91 Å². The second kappa shape index (κ2) is 11.2. The highest BCUT2D eigenvalue weighted by Gasteiger charge is 2.31. The van der Waals surface area contributed by atoms with Crippen LogP contribution in [-0.4, -0.2) is 66.3 Å². The van der Waals surface area contributed by atoms with E-state index in [2.05, 4.69) is 35.4 Å². The van der Waals surface area contributed by atoms with Crippen LogP contribution >= 0.6 is 0 Å². The molecule has 6 rings (SSSR count). The standard InChI is InChI=1S/C29H32F2N8O2/c1-41-25-15-20(38-12-8-19(9-13-38)39-11-7-18(31)16-39)3-5-23(25)35-29-36-27-22(6-10-33-27)28(37-29)34-24-14-17(30)2-4-21(24)26(32)40/h2-6,10,14-15,18-19H,7-9,11-13,16H2,1H3,(H2,32,40)(H3,33,34,35,36,37)/p+1/t18-/m1/s1. The molecule has 214 valence electrons. The first-order chi connectivity index (χ1) is 19.9. The number of anilines is 5. The third-order valence-electron chi connectivity index (χ3n) is 7.92. The Morgan fingerprint density at radius 1 is 1.10 bits per heavy atom. The highest BCUT2D eigenvalue weighted by atomic mass is 19.1. The van der Waals surface area contributed by atoms with Gasteiger partial charge in [0.15, 0.2) is 5.75 Å². The summed E-state index contributed by atoms with van der Waals surface area (Å²) >= 11 is 0. The minimum atomic E-state index is -0.692. The number of carbonyl (C=O) groups is 1. The van der Waals surface area contributed by atoms with E-state index in [0.29, 0.717) is 53.2 Å². The first-order valence-electron chi connectivity index (χ1n) is 13.7. The Kier molecular flexibility index (Phi) is 7.31. The normalized spacial score (nSPS) is 18.1. The zero-order chi connectivity index (χ0) is 28.5. The van der Waals surface area contributed by atoms with E-state index in [0.717, 1.165) is 38.2 Å². The maximum atomic E-state index is 14.0. The van der Waals surface area contributed by atoms with Crippen molar-refractivity contribution in [2.45, 2.75) is 31.5 Å². The Morgan fingerprint density at radius 2 is 1.93 bits per heavy atom. The number of piperidine rings is 1. The molecular formula is C29H33F2N8O2+. The Bertz CT molecular complexity index is 1570. The van der Waals surface area contributed by atoms with Crippen LogP contribution < -0.4 is 31.0 Å². The van der Waals surface area contributed by atoms with Crippen molar-refractivity contribution in [1.29, 1.82) is 0 Å². The Hall–Kier alpha value is -4.45. The third kappa shape index (κ3) is 5.60. The molecule has 1 amide bonds. The Morgan fingerprint density at radius 3 is 2.66 bits per heavy atom. The van der Waals surface area contributed by atoms with Gasteiger partial charge in [0, 0.05) is 50.2 Å². The fraction of sp³-hybridized carbons (Fsp3) is 0.345. The van der Waals surface area contributed by atoms with Crippen molar-refractivity contribution in [3.8, 4) is 5.75 Å². The SMILES string of the molecule is COc1cc(N2CCC(N3CC[C@@H](F)C3)CC2)ccc1Nc1nc(Nc2cc(F)ccc2C(N)=O)c2cc[nH]c2[nH+]1. The number of H-pyrrole nitrogens is 2. The zero-order valence-corrected chi connectivity index (χ0v) is 22.7. The van der Waals surface area contributed by atoms with Gasteiger partial charge >= 0.3 is 5.95 Å². The average Bonchev–Trinajstić information content (AvgIpc) is 3.62. The van der Waals surface area contributed by atoms with E-state index in [-0.39, 0.29) is 11.3 Å². The van der Waals surface area contributed by atoms with E-state index in [4.69, 9.17) is 10.5 Å². The Balaban J connectivity index is 1.21. The molecule has 12 heteroatoms. The van der Waals surface area contributed by atoms with Gasteiger partial charge in [-0.05, 0) is 55.7 Å². The molecule has 10 nitrogen and oxygen atoms in total. The number of nitrogens with two attached hydrogens (primary N) is 1. The number of carbonyl (C=O) groups excluding carboxylic acids is 1. The van der Waals surface area contributed by atoms with Crippen LogP contribution in [0.3, 0.4) is 0 Å². The van der Waals surface area contributed by atoms with Crippen LogP contribution in [0.15, 0.2) is 48.7 Å². The van der Waals surface area contributed by atoms with E-state index in [1.165, 1.54) is 18.2 Å². The highest BCUT2D eigenvalue weighted by molar-refractivity contribution is 6.00. The first kappa shape index (κ1) is 26.8. The second-order valence-electron chi connectivity index (χ2n) is 10.5. The lowest BCUT2D eigenvalue weighted by Gasteiger charge is -2.37. The van der Waals surface area contributed by atoms with Crippen molar-refractivity contribution in [2.75, 3.05) is 48.8 Å². The maximum absolute atomic E-state index is 14.0. The number of benzene rings is 2. The number of likely N-dealkylation sites (tertiary alicyclic amines) is 1.